The first-order valence-corrected chi connectivity index (χ1v) is 18.9. The third kappa shape index (κ3) is 21.3. The number of nitrogens with one attached hydrogen (secondary N) is 2. The van der Waals surface area contributed by atoms with Gasteiger partial charge in [-0.25, -0.2) is 11.0 Å². The van der Waals surface area contributed by atoms with Crippen molar-refractivity contribution < 1.29 is 52.5 Å². The van der Waals surface area contributed by atoms with Gasteiger partial charge in [-0.1, -0.05) is 71.0 Å². The lowest BCUT2D eigenvalue weighted by Gasteiger charge is -2.13. The van der Waals surface area contributed by atoms with Gasteiger partial charge in [0.05, 0.1) is 32.0 Å². The van der Waals surface area contributed by atoms with E-state index in [0.717, 1.165) is 22.3 Å². The van der Waals surface area contributed by atoms with Crippen LogP contribution in [-0.4, -0.2) is 107 Å². The number of hydroxylamine groups is 2. The van der Waals surface area contributed by atoms with E-state index in [2.05, 4.69) is 31.2 Å². The van der Waals surface area contributed by atoms with E-state index in [4.69, 9.17) is 48.1 Å². The Hall–Kier alpha value is -5.27. The van der Waals surface area contributed by atoms with Crippen molar-refractivity contribution >= 4 is 11.4 Å². The van der Waals surface area contributed by atoms with Gasteiger partial charge >= 0.3 is 0 Å². The lowest BCUT2D eigenvalue weighted by Crippen LogP contribution is -2.19. The van der Waals surface area contributed by atoms with Gasteiger partial charge in [0.15, 0.2) is 0 Å². The first-order valence-electron chi connectivity index (χ1n) is 18.9. The minimum Gasteiger partial charge on any atom is -0.475 e. The fourth-order valence-corrected chi connectivity index (χ4v) is 4.71. The molecule has 0 bridgehead atoms. The quantitative estimate of drug-likeness (QED) is 0.0341. The smallest absolute Gasteiger partial charge is 0.216 e. The second-order valence-corrected chi connectivity index (χ2v) is 12.3. The number of aromatic nitrogens is 2. The van der Waals surface area contributed by atoms with E-state index in [9.17, 15) is 4.39 Å². The summed E-state index contributed by atoms with van der Waals surface area (Å²) in [6, 6.07) is 25.1. The number of pyridine rings is 2. The average molecular weight is 827 g/mol. The fourth-order valence-electron chi connectivity index (χ4n) is 4.71. The Labute approximate surface area is 346 Å². The second kappa shape index (κ2) is 30.8. The molecule has 0 saturated heterocycles. The molecule has 0 aliphatic rings. The van der Waals surface area contributed by atoms with Crippen molar-refractivity contribution in [3.63, 3.8) is 0 Å². The van der Waals surface area contributed by atoms with Crippen molar-refractivity contribution in [3.8, 4) is 17.6 Å². The molecule has 0 aliphatic heterocycles. The van der Waals surface area contributed by atoms with Gasteiger partial charge in [0.2, 0.25) is 23.6 Å². The number of nitrogens with zero attached hydrogens (tertiary/aromatic N) is 4. The lowest BCUT2D eigenvalue weighted by atomic mass is 10.0. The molecule has 4 aromatic rings. The number of hydrogen-bond acceptors (Lipinski definition) is 16. The molecule has 0 unspecified atom stereocenters. The van der Waals surface area contributed by atoms with E-state index >= 15 is 0 Å². The summed E-state index contributed by atoms with van der Waals surface area (Å²) in [6.45, 7) is 10.4. The predicted octanol–water partition coefficient (Wildman–Crippen LogP) is 5.67. The molecule has 0 radical (unpaired) electrons. The van der Waals surface area contributed by atoms with Crippen LogP contribution in [0.5, 0.6) is 17.6 Å². The van der Waals surface area contributed by atoms with E-state index in [1.807, 2.05) is 82.3 Å². The summed E-state index contributed by atoms with van der Waals surface area (Å²) in [5, 5.41) is 16.2. The molecule has 16 nitrogen and oxygen atoms in total. The lowest BCUT2D eigenvalue weighted by molar-refractivity contribution is 0.0494. The Morgan fingerprint density at radius 2 is 1.07 bits per heavy atom. The van der Waals surface area contributed by atoms with Gasteiger partial charge in [0.25, 0.3) is 0 Å². The zero-order valence-electron chi connectivity index (χ0n) is 35.2. The maximum Gasteiger partial charge on any atom is 0.216 e. The number of hydrogen-bond donors (Lipinski definition) is 3. The van der Waals surface area contributed by atoms with Gasteiger partial charge < -0.3 is 38.5 Å². The van der Waals surface area contributed by atoms with Crippen LogP contribution >= 0.6 is 0 Å². The molecule has 0 fully saturated rings. The Morgan fingerprint density at radius 1 is 0.610 bits per heavy atom. The van der Waals surface area contributed by atoms with Crippen LogP contribution in [0.4, 0.5) is 4.39 Å². The number of aliphatic hydroxyl groups excluding tert-OH is 1. The average Bonchev–Trinajstić information content (AvgIpc) is 3.24. The van der Waals surface area contributed by atoms with E-state index < -0.39 is 5.95 Å². The summed E-state index contributed by atoms with van der Waals surface area (Å²) < 4.78 is 40.5. The highest BCUT2D eigenvalue weighted by Gasteiger charge is 2.13. The molecule has 0 spiro atoms. The van der Waals surface area contributed by atoms with Crippen LogP contribution in [0.25, 0.3) is 0 Å². The summed E-state index contributed by atoms with van der Waals surface area (Å²) >= 11 is 0. The SMILES string of the molecule is CC(C)OCCO.CNOC/C(=N\OC)c1ccccc1COc1cccc(F)n1.CNOC/C(=N\OC)c1ccccc1COc1cccc(OCCOC(C)C)n1. The maximum atomic E-state index is 13.1. The van der Waals surface area contributed by atoms with Crippen molar-refractivity contribution in [2.45, 2.75) is 53.1 Å². The molecule has 2 aromatic carbocycles. The monoisotopic (exact) mass is 826 g/mol. The van der Waals surface area contributed by atoms with Crippen LogP contribution in [0.3, 0.4) is 0 Å². The molecular weight excluding hydrogens is 767 g/mol. The van der Waals surface area contributed by atoms with Crippen LogP contribution in [0.15, 0.2) is 95.2 Å². The van der Waals surface area contributed by atoms with E-state index in [1.54, 1.807) is 38.4 Å². The standard InChI is InChI=1S/C21H29N3O5.C16H18FN3O3.C5H12O2/c1-16(2)26-12-13-27-20-10-7-11-21(23-20)28-14-17-8-5-6-9-18(17)19(24-25-4)15-29-22-3;1-18-23-11-14(20-21-2)13-7-4-3-6-12(13)10-22-16-9-5-8-15(17)19-16;1-5(2)7-4-3-6/h5-11,16,22H,12-15H2,1-4H3;3-9,18H,10-11H2,1-2H3;5-6H,3-4H2,1-2H3/b24-19+;20-14+;. The first kappa shape index (κ1) is 49.9. The molecule has 2 aromatic heterocycles. The van der Waals surface area contributed by atoms with Gasteiger partial charge in [-0.3, -0.25) is 9.68 Å². The van der Waals surface area contributed by atoms with Gasteiger partial charge in [0, 0.05) is 43.4 Å². The zero-order valence-corrected chi connectivity index (χ0v) is 35.2. The topological polar surface area (TPSA) is 178 Å². The minimum atomic E-state index is -0.583. The molecule has 4 rings (SSSR count). The van der Waals surface area contributed by atoms with Crippen LogP contribution in [0.1, 0.15) is 49.9 Å². The van der Waals surface area contributed by atoms with Crippen molar-refractivity contribution in [3.05, 3.63) is 113 Å². The molecular formula is C42H59FN6O10. The van der Waals surface area contributed by atoms with Crippen LogP contribution in [0, 0.1) is 5.95 Å². The number of aliphatic hydroxyl groups is 1. The highest BCUT2D eigenvalue weighted by atomic mass is 19.1. The Bertz CT molecular complexity index is 1780. The number of rotatable bonds is 24. The van der Waals surface area contributed by atoms with E-state index in [0.29, 0.717) is 49.6 Å². The highest BCUT2D eigenvalue weighted by molar-refractivity contribution is 6.03. The summed E-state index contributed by atoms with van der Waals surface area (Å²) in [7, 11) is 6.32. The molecule has 17 heteroatoms. The summed E-state index contributed by atoms with van der Waals surface area (Å²) in [5.74, 6) is 0.599. The number of oxime groups is 2. The van der Waals surface area contributed by atoms with Crippen molar-refractivity contribution in [2.24, 2.45) is 10.3 Å². The Morgan fingerprint density at radius 3 is 1.51 bits per heavy atom. The molecule has 59 heavy (non-hydrogen) atoms. The third-order valence-electron chi connectivity index (χ3n) is 7.23. The second-order valence-electron chi connectivity index (χ2n) is 12.3. The van der Waals surface area contributed by atoms with Crippen LogP contribution in [-0.2, 0) is 42.0 Å². The Balaban J connectivity index is 0.000000356. The van der Waals surface area contributed by atoms with E-state index in [1.165, 1.54) is 20.3 Å². The number of halogens is 1. The molecule has 0 atom stereocenters. The van der Waals surface area contributed by atoms with Crippen molar-refractivity contribution in [1.29, 1.82) is 0 Å². The maximum absolute atomic E-state index is 13.1. The fraction of sp³-hybridized carbons (Fsp3) is 0.429. The van der Waals surface area contributed by atoms with Crippen LogP contribution in [0.2, 0.25) is 0 Å². The molecule has 3 N–H and O–H groups in total. The largest absolute Gasteiger partial charge is 0.475 e. The molecule has 0 aliphatic carbocycles. The summed E-state index contributed by atoms with van der Waals surface area (Å²) in [4.78, 5) is 28.3. The van der Waals surface area contributed by atoms with Crippen LogP contribution < -0.4 is 25.2 Å². The number of ether oxygens (including phenoxy) is 5. The number of benzene rings is 2. The van der Waals surface area contributed by atoms with Crippen molar-refractivity contribution in [1.82, 2.24) is 20.9 Å². The first-order chi connectivity index (χ1) is 28.6. The molecule has 0 saturated carbocycles. The Kier molecular flexibility index (Phi) is 26.0. The zero-order chi connectivity index (χ0) is 43.1. The van der Waals surface area contributed by atoms with E-state index in [-0.39, 0.29) is 44.5 Å². The minimum absolute atomic E-state index is 0.123. The predicted molar refractivity (Wildman–Crippen MR) is 222 cm³/mol. The third-order valence-corrected chi connectivity index (χ3v) is 7.23. The highest BCUT2D eigenvalue weighted by Crippen LogP contribution is 2.18. The van der Waals surface area contributed by atoms with Gasteiger partial charge in [-0.2, -0.15) is 14.4 Å². The summed E-state index contributed by atoms with van der Waals surface area (Å²) in [5.41, 5.74) is 9.97. The molecule has 324 valence electrons. The normalized spacial score (nSPS) is 11.3. The van der Waals surface area contributed by atoms with Gasteiger partial charge in [-0.05, 0) is 44.9 Å². The summed E-state index contributed by atoms with van der Waals surface area (Å²) in [6.07, 6.45) is 0.415. The molecule has 2 heterocycles. The van der Waals surface area contributed by atoms with Gasteiger partial charge in [-0.15, -0.1) is 0 Å². The van der Waals surface area contributed by atoms with Crippen molar-refractivity contribution in [2.75, 3.05) is 68.0 Å². The van der Waals surface area contributed by atoms with Gasteiger partial charge in [0.1, 0.15) is 58.7 Å². The molecule has 0 amide bonds.